The van der Waals surface area contributed by atoms with Gasteiger partial charge in [-0.3, -0.25) is 0 Å². The zero-order valence-corrected chi connectivity index (χ0v) is 12.5. The summed E-state index contributed by atoms with van der Waals surface area (Å²) in [6.07, 6.45) is 0. The third kappa shape index (κ3) is 2.74. The summed E-state index contributed by atoms with van der Waals surface area (Å²) in [5, 5.41) is 25.3. The van der Waals surface area contributed by atoms with E-state index in [4.69, 9.17) is 0 Å². The van der Waals surface area contributed by atoms with Crippen LogP contribution in [0.2, 0.25) is 0 Å². The lowest BCUT2D eigenvalue weighted by Gasteiger charge is -2.02. The van der Waals surface area contributed by atoms with E-state index in [9.17, 15) is 19.7 Å². The summed E-state index contributed by atoms with van der Waals surface area (Å²) in [6, 6.07) is 11.9. The molecule has 3 rings (SSSR count). The van der Waals surface area contributed by atoms with Crippen LogP contribution in [0.1, 0.15) is 5.56 Å². The second-order valence-corrected chi connectivity index (χ2v) is 4.96. The minimum absolute atomic E-state index is 0.242. The number of hydrogen-bond acceptors (Lipinski definition) is 5. The second-order valence-electron chi connectivity index (χ2n) is 4.96. The van der Waals surface area contributed by atoms with Crippen LogP contribution in [0.25, 0.3) is 5.69 Å². The van der Waals surface area contributed by atoms with E-state index in [0.717, 1.165) is 22.5 Å². The normalized spacial score (nSPS) is 11.7. The first-order valence-electron chi connectivity index (χ1n) is 6.89. The fourth-order valence-corrected chi connectivity index (χ4v) is 2.15. The molecular formula is C15H12FN5O3. The van der Waals surface area contributed by atoms with Crippen molar-refractivity contribution in [3.8, 4) is 5.69 Å². The standard InChI is InChI=1S/C15H12FN5O3/c1-10-4-2-3-5-13(10)19-18-15(21(23)24)14(20(19)22)17-12-8-6-11(16)7-9-12/h2-9,22H,1H3. The molecule has 0 saturated heterocycles. The third-order valence-electron chi connectivity index (χ3n) is 3.32. The smallest absolute Gasteiger partial charge is 0.409 e. The molecule has 0 amide bonds. The quantitative estimate of drug-likeness (QED) is 0.453. The Kier molecular flexibility index (Phi) is 3.82. The Morgan fingerprint density at radius 1 is 1.21 bits per heavy atom. The van der Waals surface area contributed by atoms with E-state index in [1.165, 1.54) is 12.1 Å². The van der Waals surface area contributed by atoms with Gasteiger partial charge in [0.2, 0.25) is 0 Å². The van der Waals surface area contributed by atoms with Crippen LogP contribution in [0.5, 0.6) is 0 Å². The zero-order valence-electron chi connectivity index (χ0n) is 12.5. The molecule has 1 N–H and O–H groups in total. The number of para-hydroxylation sites is 1. The highest BCUT2D eigenvalue weighted by Crippen LogP contribution is 2.15. The summed E-state index contributed by atoms with van der Waals surface area (Å²) in [4.78, 5) is 16.0. The van der Waals surface area contributed by atoms with Crippen LogP contribution in [-0.2, 0) is 0 Å². The van der Waals surface area contributed by atoms with E-state index >= 15 is 0 Å². The van der Waals surface area contributed by atoms with Crippen molar-refractivity contribution in [3.05, 3.63) is 75.5 Å². The van der Waals surface area contributed by atoms with Gasteiger partial charge in [-0.15, -0.1) is 0 Å². The van der Waals surface area contributed by atoms with Crippen LogP contribution in [0.15, 0.2) is 53.5 Å². The molecule has 0 saturated carbocycles. The van der Waals surface area contributed by atoms with E-state index in [0.29, 0.717) is 10.5 Å². The predicted octanol–water partition coefficient (Wildman–Crippen LogP) is 2.50. The van der Waals surface area contributed by atoms with Crippen molar-refractivity contribution >= 4 is 11.5 Å². The first-order valence-corrected chi connectivity index (χ1v) is 6.89. The average molecular weight is 329 g/mol. The molecule has 1 aromatic heterocycles. The van der Waals surface area contributed by atoms with Crippen molar-refractivity contribution in [2.45, 2.75) is 6.92 Å². The van der Waals surface area contributed by atoms with Crippen molar-refractivity contribution in [1.29, 1.82) is 0 Å². The van der Waals surface area contributed by atoms with Crippen molar-refractivity contribution < 1.29 is 14.5 Å². The molecule has 9 heteroatoms. The average Bonchev–Trinajstić information content (AvgIpc) is 2.87. The van der Waals surface area contributed by atoms with E-state index < -0.39 is 16.6 Å². The molecule has 0 fully saturated rings. The first-order chi connectivity index (χ1) is 11.5. The van der Waals surface area contributed by atoms with Gasteiger partial charge in [-0.05, 0) is 52.5 Å². The van der Waals surface area contributed by atoms with E-state index in [2.05, 4.69) is 10.1 Å². The van der Waals surface area contributed by atoms with Gasteiger partial charge in [0.25, 0.3) is 5.49 Å². The number of hydrogen-bond donors (Lipinski definition) is 1. The molecular weight excluding hydrogens is 317 g/mol. The topological polar surface area (TPSA) is 98.5 Å². The largest absolute Gasteiger partial charge is 0.438 e. The monoisotopic (exact) mass is 329 g/mol. The van der Waals surface area contributed by atoms with Crippen LogP contribution < -0.4 is 5.49 Å². The molecule has 3 aromatic rings. The van der Waals surface area contributed by atoms with E-state index in [1.54, 1.807) is 31.2 Å². The summed E-state index contributed by atoms with van der Waals surface area (Å²) in [5.41, 5.74) is 1.09. The summed E-state index contributed by atoms with van der Waals surface area (Å²) in [6.45, 7) is 1.78. The fourth-order valence-electron chi connectivity index (χ4n) is 2.15. The van der Waals surface area contributed by atoms with Gasteiger partial charge in [0.05, 0.1) is 10.8 Å². The summed E-state index contributed by atoms with van der Waals surface area (Å²) in [7, 11) is 0. The van der Waals surface area contributed by atoms with Crippen LogP contribution in [-0.4, -0.2) is 24.9 Å². The Labute approximate surface area is 134 Å². The third-order valence-corrected chi connectivity index (χ3v) is 3.32. The van der Waals surface area contributed by atoms with Gasteiger partial charge in [0, 0.05) is 0 Å². The number of rotatable bonds is 3. The lowest BCUT2D eigenvalue weighted by atomic mass is 10.2. The van der Waals surface area contributed by atoms with E-state index in [-0.39, 0.29) is 11.2 Å². The molecule has 0 aliphatic rings. The number of halogens is 1. The Hall–Kier alpha value is -3.49. The maximum Gasteiger partial charge on any atom is 0.438 e. The fraction of sp³-hybridized carbons (Fsp3) is 0.0667. The van der Waals surface area contributed by atoms with Crippen molar-refractivity contribution in [2.24, 2.45) is 4.99 Å². The predicted molar refractivity (Wildman–Crippen MR) is 81.8 cm³/mol. The second kappa shape index (κ2) is 5.95. The molecule has 1 heterocycles. The van der Waals surface area contributed by atoms with Gasteiger partial charge >= 0.3 is 5.82 Å². The summed E-state index contributed by atoms with van der Waals surface area (Å²) in [5.74, 6) is -1.08. The Balaban J connectivity index is 2.25. The van der Waals surface area contributed by atoms with Crippen LogP contribution in [0.4, 0.5) is 15.9 Å². The number of nitrogens with zero attached hydrogens (tertiary/aromatic N) is 5. The highest BCUT2D eigenvalue weighted by atomic mass is 19.1. The van der Waals surface area contributed by atoms with Gasteiger partial charge in [-0.2, -0.15) is 0 Å². The molecule has 0 bridgehead atoms. The van der Waals surface area contributed by atoms with Gasteiger partial charge in [0.1, 0.15) is 11.5 Å². The molecule has 0 aliphatic carbocycles. The van der Waals surface area contributed by atoms with Gasteiger partial charge in [-0.25, -0.2) is 9.38 Å². The van der Waals surface area contributed by atoms with E-state index in [1.807, 2.05) is 0 Å². The molecule has 2 aromatic carbocycles. The van der Waals surface area contributed by atoms with Crippen molar-refractivity contribution in [1.82, 2.24) is 14.7 Å². The highest BCUT2D eigenvalue weighted by molar-refractivity contribution is 5.40. The molecule has 24 heavy (non-hydrogen) atoms. The minimum Gasteiger partial charge on any atom is -0.409 e. The van der Waals surface area contributed by atoms with Crippen LogP contribution >= 0.6 is 0 Å². The maximum absolute atomic E-state index is 13.0. The van der Waals surface area contributed by atoms with Gasteiger partial charge < -0.3 is 15.3 Å². The van der Waals surface area contributed by atoms with Gasteiger partial charge in [0.15, 0.2) is 0 Å². The summed E-state index contributed by atoms with van der Waals surface area (Å²) < 4.78 is 13.0. The number of benzene rings is 2. The van der Waals surface area contributed by atoms with Crippen molar-refractivity contribution in [3.63, 3.8) is 0 Å². The first kappa shape index (κ1) is 15.4. The minimum atomic E-state index is -0.746. The maximum atomic E-state index is 13.0. The number of nitro groups is 1. The molecule has 0 atom stereocenters. The molecule has 122 valence electrons. The number of aromatic nitrogens is 3. The zero-order chi connectivity index (χ0) is 17.3. The Morgan fingerprint density at radius 3 is 2.50 bits per heavy atom. The Bertz CT molecular complexity index is 976. The molecule has 8 nitrogen and oxygen atoms in total. The van der Waals surface area contributed by atoms with Crippen LogP contribution in [0.3, 0.4) is 0 Å². The molecule has 0 aliphatic heterocycles. The SMILES string of the molecule is Cc1ccccc1-n1nc([N+](=O)[O-])c(=Nc2ccc(F)cc2)n1O. The van der Waals surface area contributed by atoms with Crippen molar-refractivity contribution in [2.75, 3.05) is 0 Å². The van der Waals surface area contributed by atoms with Gasteiger partial charge in [-0.1, -0.05) is 23.0 Å². The molecule has 0 unspecified atom stereocenters. The number of aryl methyl sites for hydroxylation is 1. The molecule has 0 spiro atoms. The molecule has 0 radical (unpaired) electrons. The van der Waals surface area contributed by atoms with Crippen LogP contribution in [0, 0.1) is 22.9 Å². The Morgan fingerprint density at radius 2 is 1.88 bits per heavy atom. The lowest BCUT2D eigenvalue weighted by molar-refractivity contribution is -0.391. The summed E-state index contributed by atoms with van der Waals surface area (Å²) >= 11 is 0. The highest BCUT2D eigenvalue weighted by Gasteiger charge is 2.24. The lowest BCUT2D eigenvalue weighted by Crippen LogP contribution is -2.22.